The van der Waals surface area contributed by atoms with E-state index in [2.05, 4.69) is 43.9 Å². The Kier molecular flexibility index (Phi) is 4.59. The second-order valence-corrected chi connectivity index (χ2v) is 6.29. The smallest absolute Gasteiger partial charge is 0.272 e. The van der Waals surface area contributed by atoms with Gasteiger partial charge in [-0.1, -0.05) is 13.8 Å². The Morgan fingerprint density at radius 2 is 2.04 bits per heavy atom. The number of H-pyrrole nitrogens is 1. The fourth-order valence-electron chi connectivity index (χ4n) is 2.79. The summed E-state index contributed by atoms with van der Waals surface area (Å²) in [4.78, 5) is 29.0. The van der Waals surface area contributed by atoms with Crippen molar-refractivity contribution >= 4 is 17.8 Å². The Balaban J connectivity index is 1.68. The SMILES string of the molecule is CC(C)Cc1cc(C(=O)N2CCN(c3ncn[nH]3)CC2)nc(N)n1. The first kappa shape index (κ1) is 16.2. The first-order valence-electron chi connectivity index (χ1n) is 8.06. The maximum absolute atomic E-state index is 12.7. The molecule has 1 fully saturated rings. The van der Waals surface area contributed by atoms with E-state index in [4.69, 9.17) is 5.73 Å². The molecule has 0 radical (unpaired) electrons. The molecule has 128 valence electrons. The van der Waals surface area contributed by atoms with Gasteiger partial charge in [0.25, 0.3) is 5.91 Å². The molecule has 0 saturated carbocycles. The number of hydrogen-bond acceptors (Lipinski definition) is 7. The molecule has 9 heteroatoms. The molecule has 0 aliphatic carbocycles. The monoisotopic (exact) mass is 330 g/mol. The molecule has 9 nitrogen and oxygen atoms in total. The van der Waals surface area contributed by atoms with E-state index in [1.54, 1.807) is 11.0 Å². The van der Waals surface area contributed by atoms with Crippen molar-refractivity contribution in [3.63, 3.8) is 0 Å². The Morgan fingerprint density at radius 3 is 2.67 bits per heavy atom. The summed E-state index contributed by atoms with van der Waals surface area (Å²) in [7, 11) is 0. The summed E-state index contributed by atoms with van der Waals surface area (Å²) in [5.41, 5.74) is 6.94. The van der Waals surface area contributed by atoms with Crippen LogP contribution in [-0.4, -0.2) is 62.1 Å². The summed E-state index contributed by atoms with van der Waals surface area (Å²) in [5, 5.41) is 6.69. The normalized spacial score (nSPS) is 15.1. The number of carbonyl (C=O) groups excluding carboxylic acids is 1. The molecule has 0 unspecified atom stereocenters. The van der Waals surface area contributed by atoms with Gasteiger partial charge in [0.1, 0.15) is 12.0 Å². The van der Waals surface area contributed by atoms with Gasteiger partial charge in [-0.15, -0.1) is 0 Å². The van der Waals surface area contributed by atoms with Gasteiger partial charge in [0.05, 0.1) is 0 Å². The van der Waals surface area contributed by atoms with E-state index in [-0.39, 0.29) is 11.9 Å². The maximum atomic E-state index is 12.7. The lowest BCUT2D eigenvalue weighted by Gasteiger charge is -2.34. The quantitative estimate of drug-likeness (QED) is 0.830. The van der Waals surface area contributed by atoms with Crippen molar-refractivity contribution in [3.05, 3.63) is 23.8 Å². The van der Waals surface area contributed by atoms with E-state index < -0.39 is 0 Å². The topological polar surface area (TPSA) is 117 Å². The van der Waals surface area contributed by atoms with Crippen LogP contribution in [0.15, 0.2) is 12.4 Å². The predicted molar refractivity (Wildman–Crippen MR) is 89.5 cm³/mol. The van der Waals surface area contributed by atoms with Gasteiger partial charge in [0.2, 0.25) is 11.9 Å². The van der Waals surface area contributed by atoms with Gasteiger partial charge in [-0.3, -0.25) is 4.79 Å². The number of aromatic amines is 1. The fourth-order valence-corrected chi connectivity index (χ4v) is 2.79. The second kappa shape index (κ2) is 6.81. The molecule has 1 aliphatic heterocycles. The largest absolute Gasteiger partial charge is 0.368 e. The van der Waals surface area contributed by atoms with Crippen molar-refractivity contribution in [1.82, 2.24) is 30.0 Å². The van der Waals surface area contributed by atoms with Crippen molar-refractivity contribution in [3.8, 4) is 0 Å². The van der Waals surface area contributed by atoms with Crippen LogP contribution in [0.1, 0.15) is 30.0 Å². The molecule has 0 atom stereocenters. The van der Waals surface area contributed by atoms with Crippen molar-refractivity contribution in [2.24, 2.45) is 5.92 Å². The number of carbonyl (C=O) groups is 1. The molecule has 1 amide bonds. The minimum absolute atomic E-state index is 0.105. The third-order valence-corrected chi connectivity index (χ3v) is 3.90. The van der Waals surface area contributed by atoms with E-state index in [1.807, 2.05) is 0 Å². The Bertz CT molecular complexity index is 692. The number of rotatable bonds is 4. The summed E-state index contributed by atoms with van der Waals surface area (Å²) < 4.78 is 0. The lowest BCUT2D eigenvalue weighted by atomic mass is 10.1. The van der Waals surface area contributed by atoms with Gasteiger partial charge in [-0.25, -0.2) is 15.1 Å². The lowest BCUT2D eigenvalue weighted by molar-refractivity contribution is 0.0740. The van der Waals surface area contributed by atoms with Crippen LogP contribution in [0.5, 0.6) is 0 Å². The first-order valence-corrected chi connectivity index (χ1v) is 8.06. The van der Waals surface area contributed by atoms with E-state index >= 15 is 0 Å². The standard InChI is InChI=1S/C15H22N8O/c1-10(2)7-11-8-12(20-14(16)19-11)13(24)22-3-5-23(6-4-22)15-17-9-18-21-15/h8-10H,3-7H2,1-2H3,(H2,16,19,20)(H,17,18,21). The van der Waals surface area contributed by atoms with Gasteiger partial charge in [0.15, 0.2) is 0 Å². The molecule has 2 aromatic rings. The molecule has 3 rings (SSSR count). The first-order chi connectivity index (χ1) is 11.5. The molecule has 1 aliphatic rings. The molecule has 24 heavy (non-hydrogen) atoms. The Morgan fingerprint density at radius 1 is 1.29 bits per heavy atom. The zero-order valence-corrected chi connectivity index (χ0v) is 13.9. The van der Waals surface area contributed by atoms with Crippen LogP contribution in [0.2, 0.25) is 0 Å². The van der Waals surface area contributed by atoms with E-state index in [1.165, 1.54) is 6.33 Å². The zero-order valence-electron chi connectivity index (χ0n) is 13.9. The van der Waals surface area contributed by atoms with Crippen LogP contribution < -0.4 is 10.6 Å². The summed E-state index contributed by atoms with van der Waals surface area (Å²) in [6.45, 7) is 6.79. The molecular formula is C15H22N8O. The molecule has 3 N–H and O–H groups in total. The highest BCUT2D eigenvalue weighted by molar-refractivity contribution is 5.92. The maximum Gasteiger partial charge on any atom is 0.272 e. The molecule has 2 aromatic heterocycles. The molecule has 0 aromatic carbocycles. The average Bonchev–Trinajstić information content (AvgIpc) is 3.07. The van der Waals surface area contributed by atoms with Crippen LogP contribution in [-0.2, 0) is 6.42 Å². The Labute approximate surface area is 140 Å². The van der Waals surface area contributed by atoms with Crippen LogP contribution >= 0.6 is 0 Å². The van der Waals surface area contributed by atoms with Gasteiger partial charge >= 0.3 is 0 Å². The number of amides is 1. The molecule has 1 saturated heterocycles. The molecule has 0 bridgehead atoms. The number of nitrogens with zero attached hydrogens (tertiary/aromatic N) is 6. The Hall–Kier alpha value is -2.71. The number of aromatic nitrogens is 5. The van der Waals surface area contributed by atoms with Gasteiger partial charge < -0.3 is 15.5 Å². The van der Waals surface area contributed by atoms with Gasteiger partial charge in [-0.05, 0) is 18.4 Å². The highest BCUT2D eigenvalue weighted by Gasteiger charge is 2.24. The third-order valence-electron chi connectivity index (χ3n) is 3.90. The highest BCUT2D eigenvalue weighted by Crippen LogP contribution is 2.14. The summed E-state index contributed by atoms with van der Waals surface area (Å²) in [6, 6.07) is 1.75. The van der Waals surface area contributed by atoms with Crippen molar-refractivity contribution < 1.29 is 4.79 Å². The minimum Gasteiger partial charge on any atom is -0.368 e. The van der Waals surface area contributed by atoms with Gasteiger partial charge in [0, 0.05) is 31.9 Å². The van der Waals surface area contributed by atoms with Crippen molar-refractivity contribution in [1.29, 1.82) is 0 Å². The number of piperazine rings is 1. The average molecular weight is 330 g/mol. The number of nitrogens with one attached hydrogen (secondary N) is 1. The molecular weight excluding hydrogens is 308 g/mol. The van der Waals surface area contributed by atoms with Crippen LogP contribution in [0.3, 0.4) is 0 Å². The molecule has 3 heterocycles. The number of nitrogen functional groups attached to an aromatic ring is 1. The number of hydrogen-bond donors (Lipinski definition) is 2. The number of nitrogens with two attached hydrogens (primary N) is 1. The van der Waals surface area contributed by atoms with Crippen molar-refractivity contribution in [2.45, 2.75) is 20.3 Å². The zero-order chi connectivity index (χ0) is 17.1. The molecule has 0 spiro atoms. The van der Waals surface area contributed by atoms with Crippen LogP contribution in [0, 0.1) is 5.92 Å². The van der Waals surface area contributed by atoms with Gasteiger partial charge in [-0.2, -0.15) is 10.1 Å². The van der Waals surface area contributed by atoms with Crippen molar-refractivity contribution in [2.75, 3.05) is 36.8 Å². The van der Waals surface area contributed by atoms with E-state index in [9.17, 15) is 4.79 Å². The minimum atomic E-state index is -0.105. The summed E-state index contributed by atoms with van der Waals surface area (Å²) in [5.74, 6) is 1.21. The third kappa shape index (κ3) is 3.61. The predicted octanol–water partition coefficient (Wildman–Crippen LogP) is 0.338. The van der Waals surface area contributed by atoms with Crippen LogP contribution in [0.4, 0.5) is 11.9 Å². The van der Waals surface area contributed by atoms with Crippen LogP contribution in [0.25, 0.3) is 0 Å². The lowest BCUT2D eigenvalue weighted by Crippen LogP contribution is -2.49. The number of anilines is 2. The summed E-state index contributed by atoms with van der Waals surface area (Å²) >= 11 is 0. The van der Waals surface area contributed by atoms with E-state index in [0.717, 1.165) is 18.1 Å². The second-order valence-electron chi connectivity index (χ2n) is 6.29. The fraction of sp³-hybridized carbons (Fsp3) is 0.533. The van der Waals surface area contributed by atoms with E-state index in [0.29, 0.717) is 37.8 Å². The highest BCUT2D eigenvalue weighted by atomic mass is 16.2. The summed E-state index contributed by atoms with van der Waals surface area (Å²) in [6.07, 6.45) is 2.25.